The first-order valence-corrected chi connectivity index (χ1v) is 7.46. The lowest BCUT2D eigenvalue weighted by atomic mass is 9.85. The topological polar surface area (TPSA) is 49.3 Å². The van der Waals surface area contributed by atoms with Crippen LogP contribution in [0.25, 0.3) is 0 Å². The summed E-state index contributed by atoms with van der Waals surface area (Å²) in [5.41, 5.74) is 0.896. The molecule has 1 fully saturated rings. The van der Waals surface area contributed by atoms with E-state index >= 15 is 0 Å². The molecular formula is C13H15ClINO2. The second kappa shape index (κ2) is 6.10. The first kappa shape index (κ1) is 13.9. The Labute approximate surface area is 125 Å². The van der Waals surface area contributed by atoms with Crippen LogP contribution in [0.4, 0.5) is 5.69 Å². The van der Waals surface area contributed by atoms with Gasteiger partial charge in [0.2, 0.25) is 0 Å². The highest BCUT2D eigenvalue weighted by atomic mass is 127. The number of benzene rings is 1. The van der Waals surface area contributed by atoms with Gasteiger partial charge in [0.25, 0.3) is 0 Å². The lowest BCUT2D eigenvalue weighted by Gasteiger charge is -2.28. The highest BCUT2D eigenvalue weighted by molar-refractivity contribution is 14.1. The molecule has 0 spiro atoms. The maximum absolute atomic E-state index is 11.0. The number of aliphatic carboxylic acids is 1. The molecular weight excluding hydrogens is 365 g/mol. The van der Waals surface area contributed by atoms with E-state index in [4.69, 9.17) is 16.7 Å². The monoisotopic (exact) mass is 379 g/mol. The van der Waals surface area contributed by atoms with E-state index in [1.54, 1.807) is 0 Å². The molecule has 0 heterocycles. The van der Waals surface area contributed by atoms with E-state index in [2.05, 4.69) is 27.9 Å². The van der Waals surface area contributed by atoms with Gasteiger partial charge in [0.1, 0.15) is 0 Å². The Morgan fingerprint density at radius 1 is 1.44 bits per heavy atom. The number of halogens is 2. The van der Waals surface area contributed by atoms with Crippen LogP contribution in [0.15, 0.2) is 18.2 Å². The fourth-order valence-electron chi connectivity index (χ4n) is 2.37. The van der Waals surface area contributed by atoms with Gasteiger partial charge in [-0.2, -0.15) is 0 Å². The van der Waals surface area contributed by atoms with Crippen molar-refractivity contribution in [3.8, 4) is 0 Å². The molecule has 0 aromatic heterocycles. The van der Waals surface area contributed by atoms with Crippen molar-refractivity contribution in [2.24, 2.45) is 5.92 Å². The molecule has 0 radical (unpaired) electrons. The van der Waals surface area contributed by atoms with Crippen molar-refractivity contribution in [1.29, 1.82) is 0 Å². The molecule has 3 nitrogen and oxygen atoms in total. The van der Waals surface area contributed by atoms with Crippen LogP contribution in [-0.4, -0.2) is 17.1 Å². The van der Waals surface area contributed by atoms with E-state index in [1.807, 2.05) is 18.2 Å². The first-order valence-electron chi connectivity index (χ1n) is 6.00. The molecule has 2 unspecified atom stereocenters. The minimum Gasteiger partial charge on any atom is -0.481 e. The standard InChI is InChI=1S/C13H15ClINO2/c14-11-7-9(15)4-5-12(11)16-10-3-1-2-8(6-10)13(17)18/h4-5,7-8,10,16H,1-3,6H2,(H,17,18). The number of nitrogens with one attached hydrogen (secondary N) is 1. The number of rotatable bonds is 3. The van der Waals surface area contributed by atoms with Crippen molar-refractivity contribution in [1.82, 2.24) is 0 Å². The Morgan fingerprint density at radius 3 is 2.89 bits per heavy atom. The molecule has 0 bridgehead atoms. The van der Waals surface area contributed by atoms with Gasteiger partial charge in [0, 0.05) is 9.61 Å². The number of anilines is 1. The lowest BCUT2D eigenvalue weighted by molar-refractivity contribution is -0.142. The van der Waals surface area contributed by atoms with Crippen molar-refractivity contribution in [2.45, 2.75) is 31.7 Å². The highest BCUT2D eigenvalue weighted by Crippen LogP contribution is 2.30. The second-order valence-corrected chi connectivity index (χ2v) is 6.32. The minimum atomic E-state index is -0.685. The maximum Gasteiger partial charge on any atom is 0.306 e. The molecule has 1 aliphatic rings. The van der Waals surface area contributed by atoms with Gasteiger partial charge in [-0.15, -0.1) is 0 Å². The van der Waals surface area contributed by atoms with Gasteiger partial charge in [-0.3, -0.25) is 4.79 Å². The van der Waals surface area contributed by atoms with Crippen LogP contribution in [0, 0.1) is 9.49 Å². The van der Waals surface area contributed by atoms with Crippen molar-refractivity contribution in [3.63, 3.8) is 0 Å². The lowest BCUT2D eigenvalue weighted by Crippen LogP contribution is -2.31. The predicted molar refractivity (Wildman–Crippen MR) is 81.2 cm³/mol. The number of carbonyl (C=O) groups is 1. The van der Waals surface area contributed by atoms with Gasteiger partial charge in [0.05, 0.1) is 16.6 Å². The van der Waals surface area contributed by atoms with Gasteiger partial charge < -0.3 is 10.4 Å². The van der Waals surface area contributed by atoms with E-state index in [1.165, 1.54) is 0 Å². The Morgan fingerprint density at radius 2 is 2.22 bits per heavy atom. The van der Waals surface area contributed by atoms with Gasteiger partial charge in [0.15, 0.2) is 0 Å². The van der Waals surface area contributed by atoms with Crippen LogP contribution < -0.4 is 5.32 Å². The summed E-state index contributed by atoms with van der Waals surface area (Å²) in [7, 11) is 0. The van der Waals surface area contributed by atoms with Crippen molar-refractivity contribution < 1.29 is 9.90 Å². The Hall–Kier alpha value is -0.490. The van der Waals surface area contributed by atoms with E-state index in [0.29, 0.717) is 11.4 Å². The molecule has 1 aliphatic carbocycles. The summed E-state index contributed by atoms with van der Waals surface area (Å²) < 4.78 is 1.09. The largest absolute Gasteiger partial charge is 0.481 e. The minimum absolute atomic E-state index is 0.206. The zero-order chi connectivity index (χ0) is 13.1. The summed E-state index contributed by atoms with van der Waals surface area (Å²) in [5, 5.41) is 13.1. The summed E-state index contributed by atoms with van der Waals surface area (Å²) in [6.45, 7) is 0. The molecule has 18 heavy (non-hydrogen) atoms. The van der Waals surface area contributed by atoms with Gasteiger partial charge in [-0.25, -0.2) is 0 Å². The molecule has 98 valence electrons. The summed E-state index contributed by atoms with van der Waals surface area (Å²) in [6, 6.07) is 6.06. The summed E-state index contributed by atoms with van der Waals surface area (Å²) in [4.78, 5) is 11.0. The smallest absolute Gasteiger partial charge is 0.306 e. The van der Waals surface area contributed by atoms with Gasteiger partial charge >= 0.3 is 5.97 Å². The predicted octanol–water partition coefficient (Wildman–Crippen LogP) is 4.00. The summed E-state index contributed by atoms with van der Waals surface area (Å²) in [6.07, 6.45) is 3.42. The average Bonchev–Trinajstić information content (AvgIpc) is 2.33. The molecule has 2 N–H and O–H groups in total. The summed E-state index contributed by atoms with van der Waals surface area (Å²) in [5.74, 6) is -0.908. The Bertz CT molecular complexity index is 453. The molecule has 0 aliphatic heterocycles. The fourth-order valence-corrected chi connectivity index (χ4v) is 3.28. The third-order valence-electron chi connectivity index (χ3n) is 3.31. The van der Waals surface area contributed by atoms with Crippen molar-refractivity contribution >= 4 is 45.8 Å². The van der Waals surface area contributed by atoms with Crippen LogP contribution in [0.3, 0.4) is 0 Å². The van der Waals surface area contributed by atoms with Crippen molar-refractivity contribution in [2.75, 3.05) is 5.32 Å². The van der Waals surface area contributed by atoms with Crippen LogP contribution in [0.2, 0.25) is 5.02 Å². The molecule has 0 saturated heterocycles. The first-order chi connectivity index (χ1) is 8.56. The number of carboxylic acids is 1. The molecule has 0 amide bonds. The van der Waals surface area contributed by atoms with E-state index in [0.717, 1.165) is 28.5 Å². The molecule has 1 aromatic carbocycles. The van der Waals surface area contributed by atoms with Crippen LogP contribution in [-0.2, 0) is 4.79 Å². The zero-order valence-corrected chi connectivity index (χ0v) is 12.7. The molecule has 5 heteroatoms. The van der Waals surface area contributed by atoms with E-state index in [-0.39, 0.29) is 12.0 Å². The molecule has 1 aromatic rings. The van der Waals surface area contributed by atoms with Crippen LogP contribution in [0.1, 0.15) is 25.7 Å². The van der Waals surface area contributed by atoms with E-state index < -0.39 is 5.97 Å². The quantitative estimate of drug-likeness (QED) is 0.781. The number of hydrogen-bond donors (Lipinski definition) is 2. The average molecular weight is 380 g/mol. The highest BCUT2D eigenvalue weighted by Gasteiger charge is 2.27. The molecule has 2 rings (SSSR count). The maximum atomic E-state index is 11.0. The number of hydrogen-bond acceptors (Lipinski definition) is 2. The third-order valence-corrected chi connectivity index (χ3v) is 4.30. The van der Waals surface area contributed by atoms with Gasteiger partial charge in [-0.1, -0.05) is 18.0 Å². The molecule has 1 saturated carbocycles. The Balaban J connectivity index is 2.02. The molecule has 2 atom stereocenters. The Kier molecular flexibility index (Phi) is 4.72. The third kappa shape index (κ3) is 3.51. The van der Waals surface area contributed by atoms with Crippen LogP contribution in [0.5, 0.6) is 0 Å². The van der Waals surface area contributed by atoms with Gasteiger partial charge in [-0.05, 0) is 60.1 Å². The van der Waals surface area contributed by atoms with Crippen molar-refractivity contribution in [3.05, 3.63) is 26.8 Å². The summed E-state index contributed by atoms with van der Waals surface area (Å²) >= 11 is 8.38. The number of carboxylic acid groups (broad SMARTS) is 1. The fraction of sp³-hybridized carbons (Fsp3) is 0.462. The van der Waals surface area contributed by atoms with E-state index in [9.17, 15) is 4.79 Å². The second-order valence-electron chi connectivity index (χ2n) is 4.67. The van der Waals surface area contributed by atoms with Crippen LogP contribution >= 0.6 is 34.2 Å². The SMILES string of the molecule is O=C(O)C1CCCC(Nc2ccc(I)cc2Cl)C1. The normalized spacial score (nSPS) is 23.7. The zero-order valence-electron chi connectivity index (χ0n) is 9.83.